The highest BCUT2D eigenvalue weighted by atomic mass is 16.5. The van der Waals surface area contributed by atoms with Crippen molar-refractivity contribution >= 4 is 11.7 Å². The molecule has 22 heavy (non-hydrogen) atoms. The molecule has 2 N–H and O–H groups in total. The number of benzene rings is 1. The van der Waals surface area contributed by atoms with Crippen molar-refractivity contribution < 1.29 is 14.3 Å². The molecule has 1 aromatic carbocycles. The zero-order valence-electron chi connectivity index (χ0n) is 13.4. The van der Waals surface area contributed by atoms with Crippen LogP contribution < -0.4 is 15.4 Å². The van der Waals surface area contributed by atoms with Gasteiger partial charge in [-0.2, -0.15) is 0 Å². The molecular formula is C17H26N2O3. The van der Waals surface area contributed by atoms with Crippen LogP contribution in [0.3, 0.4) is 0 Å². The van der Waals surface area contributed by atoms with Crippen molar-refractivity contribution in [2.45, 2.75) is 39.2 Å². The van der Waals surface area contributed by atoms with Crippen LogP contribution in [0.5, 0.6) is 5.75 Å². The molecule has 5 nitrogen and oxygen atoms in total. The summed E-state index contributed by atoms with van der Waals surface area (Å²) in [6.45, 7) is 6.35. The van der Waals surface area contributed by atoms with Crippen LogP contribution in [0.15, 0.2) is 24.3 Å². The zero-order chi connectivity index (χ0) is 15.8. The van der Waals surface area contributed by atoms with Crippen molar-refractivity contribution in [1.29, 1.82) is 0 Å². The average Bonchev–Trinajstić information content (AvgIpc) is 2.55. The van der Waals surface area contributed by atoms with E-state index in [1.807, 2.05) is 31.2 Å². The lowest BCUT2D eigenvalue weighted by Gasteiger charge is -2.22. The van der Waals surface area contributed by atoms with Gasteiger partial charge in [-0.05, 0) is 56.4 Å². The van der Waals surface area contributed by atoms with Gasteiger partial charge in [-0.25, -0.2) is 4.79 Å². The second kappa shape index (κ2) is 8.63. The smallest absolute Gasteiger partial charge is 0.319 e. The molecule has 0 spiro atoms. The van der Waals surface area contributed by atoms with Crippen LogP contribution >= 0.6 is 0 Å². The van der Waals surface area contributed by atoms with Crippen LogP contribution in [-0.2, 0) is 4.74 Å². The van der Waals surface area contributed by atoms with Gasteiger partial charge in [0.15, 0.2) is 0 Å². The number of nitrogens with one attached hydrogen (secondary N) is 2. The second-order valence-electron chi connectivity index (χ2n) is 5.78. The van der Waals surface area contributed by atoms with Gasteiger partial charge in [0.05, 0.1) is 12.7 Å². The Kier molecular flexibility index (Phi) is 6.52. The molecule has 2 rings (SSSR count). The Morgan fingerprint density at radius 3 is 2.82 bits per heavy atom. The molecule has 2 atom stereocenters. The average molecular weight is 306 g/mol. The first-order chi connectivity index (χ1) is 10.7. The Morgan fingerprint density at radius 1 is 1.41 bits per heavy atom. The zero-order valence-corrected chi connectivity index (χ0v) is 13.4. The molecule has 2 amide bonds. The van der Waals surface area contributed by atoms with E-state index in [0.29, 0.717) is 12.5 Å². The van der Waals surface area contributed by atoms with Gasteiger partial charge in [-0.3, -0.25) is 0 Å². The fraction of sp³-hybridized carbons (Fsp3) is 0.588. The van der Waals surface area contributed by atoms with Crippen LogP contribution in [-0.4, -0.2) is 31.9 Å². The maximum Gasteiger partial charge on any atom is 0.319 e. The summed E-state index contributed by atoms with van der Waals surface area (Å²) < 4.78 is 11.1. The summed E-state index contributed by atoms with van der Waals surface area (Å²) in [6.07, 6.45) is 3.35. The topological polar surface area (TPSA) is 59.6 Å². The third-order valence-corrected chi connectivity index (χ3v) is 3.83. The molecule has 1 aromatic rings. The normalized spacial score (nSPS) is 19.3. The number of anilines is 1. The fourth-order valence-corrected chi connectivity index (χ4v) is 2.31. The Morgan fingerprint density at radius 2 is 2.18 bits per heavy atom. The Labute approximate surface area is 132 Å². The Balaban J connectivity index is 1.73. The molecular weight excluding hydrogens is 280 g/mol. The highest BCUT2D eigenvalue weighted by Gasteiger charge is 2.14. The van der Waals surface area contributed by atoms with Gasteiger partial charge in [0.2, 0.25) is 0 Å². The molecule has 1 aliphatic heterocycles. The number of urea groups is 1. The number of hydrogen-bond acceptors (Lipinski definition) is 3. The fourth-order valence-electron chi connectivity index (χ4n) is 2.31. The predicted octanol–water partition coefficient (Wildman–Crippen LogP) is 3.41. The first-order valence-corrected chi connectivity index (χ1v) is 8.06. The van der Waals surface area contributed by atoms with E-state index in [1.165, 1.54) is 0 Å². The highest BCUT2D eigenvalue weighted by molar-refractivity contribution is 5.89. The maximum atomic E-state index is 11.9. The van der Waals surface area contributed by atoms with Gasteiger partial charge in [0.25, 0.3) is 0 Å². The largest absolute Gasteiger partial charge is 0.491 e. The molecule has 5 heteroatoms. The monoisotopic (exact) mass is 306 g/mol. The highest BCUT2D eigenvalue weighted by Crippen LogP contribution is 2.17. The van der Waals surface area contributed by atoms with Gasteiger partial charge in [0.1, 0.15) is 5.75 Å². The summed E-state index contributed by atoms with van der Waals surface area (Å²) in [5.41, 5.74) is 0.758. The molecule has 1 heterocycles. The van der Waals surface area contributed by atoms with Crippen LogP contribution in [0.4, 0.5) is 10.5 Å². The molecule has 122 valence electrons. The summed E-state index contributed by atoms with van der Waals surface area (Å²) >= 11 is 0. The molecule has 0 saturated carbocycles. The maximum absolute atomic E-state index is 11.9. The minimum atomic E-state index is -0.179. The molecule has 1 fully saturated rings. The first-order valence-electron chi connectivity index (χ1n) is 8.06. The quantitative estimate of drug-likeness (QED) is 0.846. The minimum Gasteiger partial charge on any atom is -0.491 e. The van der Waals surface area contributed by atoms with Gasteiger partial charge in [-0.1, -0.05) is 6.92 Å². The van der Waals surface area contributed by atoms with Crippen molar-refractivity contribution in [2.75, 3.05) is 25.1 Å². The van der Waals surface area contributed by atoms with E-state index in [9.17, 15) is 4.79 Å². The van der Waals surface area contributed by atoms with E-state index in [2.05, 4.69) is 17.6 Å². The summed E-state index contributed by atoms with van der Waals surface area (Å²) in [5.74, 6) is 1.24. The molecule has 0 unspecified atom stereocenters. The SMILES string of the molecule is CC[C@@H](C)Oc1ccc(NC(=O)NC[C@H]2CCCOC2)cc1. The lowest BCUT2D eigenvalue weighted by Crippen LogP contribution is -2.35. The van der Waals surface area contributed by atoms with E-state index in [1.54, 1.807) is 0 Å². The van der Waals surface area contributed by atoms with Gasteiger partial charge >= 0.3 is 6.03 Å². The Hall–Kier alpha value is -1.75. The Bertz CT molecular complexity index is 455. The molecule has 0 aliphatic carbocycles. The molecule has 0 bridgehead atoms. The molecule has 0 aromatic heterocycles. The summed E-state index contributed by atoms with van der Waals surface area (Å²) in [7, 11) is 0. The van der Waals surface area contributed by atoms with E-state index < -0.39 is 0 Å². The van der Waals surface area contributed by atoms with Gasteiger partial charge < -0.3 is 20.1 Å². The lowest BCUT2D eigenvalue weighted by molar-refractivity contribution is 0.0559. The summed E-state index contributed by atoms with van der Waals surface area (Å²) in [4.78, 5) is 11.9. The number of rotatable bonds is 6. The van der Waals surface area contributed by atoms with Crippen LogP contribution in [0.1, 0.15) is 33.1 Å². The number of ether oxygens (including phenoxy) is 2. The van der Waals surface area contributed by atoms with Crippen LogP contribution in [0.25, 0.3) is 0 Å². The predicted molar refractivity (Wildman–Crippen MR) is 87.4 cm³/mol. The number of carbonyl (C=O) groups is 1. The van der Waals surface area contributed by atoms with E-state index >= 15 is 0 Å². The van der Waals surface area contributed by atoms with Gasteiger partial charge in [-0.15, -0.1) is 0 Å². The second-order valence-corrected chi connectivity index (χ2v) is 5.78. The van der Waals surface area contributed by atoms with E-state index in [0.717, 1.165) is 43.9 Å². The molecule has 1 saturated heterocycles. The third kappa shape index (κ3) is 5.56. The summed E-state index contributed by atoms with van der Waals surface area (Å²) in [6, 6.07) is 7.26. The molecule has 0 radical (unpaired) electrons. The van der Waals surface area contributed by atoms with Crippen molar-refractivity contribution in [1.82, 2.24) is 5.32 Å². The number of hydrogen-bond donors (Lipinski definition) is 2. The minimum absolute atomic E-state index is 0.179. The van der Waals surface area contributed by atoms with Crippen molar-refractivity contribution in [2.24, 2.45) is 5.92 Å². The lowest BCUT2D eigenvalue weighted by atomic mass is 10.0. The summed E-state index contributed by atoms with van der Waals surface area (Å²) in [5, 5.41) is 5.73. The molecule has 1 aliphatic rings. The van der Waals surface area contributed by atoms with Crippen molar-refractivity contribution in [3.05, 3.63) is 24.3 Å². The number of carbonyl (C=O) groups excluding carboxylic acids is 1. The van der Waals surface area contributed by atoms with E-state index in [-0.39, 0.29) is 12.1 Å². The number of amides is 2. The standard InChI is InChI=1S/C17H26N2O3/c1-3-13(2)22-16-8-6-15(7-9-16)19-17(20)18-11-14-5-4-10-21-12-14/h6-9,13-14H,3-5,10-12H2,1-2H3,(H2,18,19,20)/t13-,14-/m1/s1. The van der Waals surface area contributed by atoms with Gasteiger partial charge in [0, 0.05) is 18.8 Å². The van der Waals surface area contributed by atoms with Crippen LogP contribution in [0.2, 0.25) is 0 Å². The van der Waals surface area contributed by atoms with Crippen molar-refractivity contribution in [3.63, 3.8) is 0 Å². The third-order valence-electron chi connectivity index (χ3n) is 3.83. The van der Waals surface area contributed by atoms with Crippen LogP contribution in [0, 0.1) is 5.92 Å². The van der Waals surface area contributed by atoms with Crippen molar-refractivity contribution in [3.8, 4) is 5.75 Å². The first kappa shape index (κ1) is 16.6. The van der Waals surface area contributed by atoms with E-state index in [4.69, 9.17) is 9.47 Å².